The molecule has 0 aliphatic heterocycles. The fourth-order valence-corrected chi connectivity index (χ4v) is 2.29. The lowest BCUT2D eigenvalue weighted by atomic mass is 9.99. The molecular weight excluding hydrogens is 253 g/mol. The Morgan fingerprint density at radius 1 is 1.50 bits per heavy atom. The van der Waals surface area contributed by atoms with E-state index >= 15 is 0 Å². The van der Waals surface area contributed by atoms with Gasteiger partial charge in [0.15, 0.2) is 0 Å². The van der Waals surface area contributed by atoms with Crippen LogP contribution in [0.3, 0.4) is 0 Å². The number of hydrogen-bond donors (Lipinski definition) is 1. The summed E-state index contributed by atoms with van der Waals surface area (Å²) in [4.78, 5) is 0. The molecule has 2 N–H and O–H groups in total. The molecule has 1 atom stereocenters. The Hall–Kier alpha value is -1.39. The van der Waals surface area contributed by atoms with Gasteiger partial charge in [-0.25, -0.2) is 4.39 Å². The summed E-state index contributed by atoms with van der Waals surface area (Å²) in [7, 11) is 0. The number of halogens is 2. The topological polar surface area (TPSA) is 43.8 Å². The minimum atomic E-state index is -0.476. The molecular formula is C13H15ClFN3. The standard InChI is InChI=1S/C13H15ClFN3/c1-3-18-13(11(14)7-17-18)12(16)10-6-9(15)5-4-8(10)2/h4-7,12H,3,16H2,1-2H3. The van der Waals surface area contributed by atoms with Crippen molar-refractivity contribution < 1.29 is 4.39 Å². The van der Waals surface area contributed by atoms with Crippen molar-refractivity contribution >= 4 is 11.6 Å². The lowest BCUT2D eigenvalue weighted by Gasteiger charge is -2.17. The van der Waals surface area contributed by atoms with Crippen LogP contribution in [0.5, 0.6) is 0 Å². The first kappa shape index (κ1) is 13.1. The zero-order chi connectivity index (χ0) is 13.3. The van der Waals surface area contributed by atoms with E-state index < -0.39 is 6.04 Å². The Morgan fingerprint density at radius 2 is 2.22 bits per heavy atom. The Kier molecular flexibility index (Phi) is 3.68. The molecule has 0 aliphatic rings. The quantitative estimate of drug-likeness (QED) is 0.929. The van der Waals surface area contributed by atoms with Crippen LogP contribution < -0.4 is 5.73 Å². The van der Waals surface area contributed by atoms with Crippen LogP contribution in [-0.4, -0.2) is 9.78 Å². The van der Waals surface area contributed by atoms with Gasteiger partial charge in [-0.3, -0.25) is 4.68 Å². The van der Waals surface area contributed by atoms with E-state index in [1.54, 1.807) is 16.9 Å². The highest BCUT2D eigenvalue weighted by Gasteiger charge is 2.19. The maximum atomic E-state index is 13.3. The van der Waals surface area contributed by atoms with Gasteiger partial charge in [-0.05, 0) is 37.1 Å². The summed E-state index contributed by atoms with van der Waals surface area (Å²) in [6, 6.07) is 4.11. The highest BCUT2D eigenvalue weighted by molar-refractivity contribution is 6.31. The molecule has 0 spiro atoms. The second kappa shape index (κ2) is 5.08. The molecule has 18 heavy (non-hydrogen) atoms. The minimum absolute atomic E-state index is 0.301. The average molecular weight is 268 g/mol. The summed E-state index contributed by atoms with van der Waals surface area (Å²) in [5, 5.41) is 4.65. The summed E-state index contributed by atoms with van der Waals surface area (Å²) in [6.07, 6.45) is 1.56. The molecule has 1 heterocycles. The molecule has 0 saturated carbocycles. The van der Waals surface area contributed by atoms with Gasteiger partial charge in [0, 0.05) is 6.54 Å². The lowest BCUT2D eigenvalue weighted by Crippen LogP contribution is -2.18. The number of rotatable bonds is 3. The zero-order valence-corrected chi connectivity index (χ0v) is 11.1. The maximum Gasteiger partial charge on any atom is 0.123 e. The molecule has 5 heteroatoms. The molecule has 0 radical (unpaired) electrons. The highest BCUT2D eigenvalue weighted by atomic mass is 35.5. The van der Waals surface area contributed by atoms with Crippen LogP contribution in [0.15, 0.2) is 24.4 Å². The van der Waals surface area contributed by atoms with Crippen molar-refractivity contribution in [3.63, 3.8) is 0 Å². The SMILES string of the molecule is CCn1ncc(Cl)c1C(N)c1cc(F)ccc1C. The van der Waals surface area contributed by atoms with Gasteiger partial charge in [-0.15, -0.1) is 0 Å². The first-order chi connectivity index (χ1) is 8.54. The van der Waals surface area contributed by atoms with Crippen LogP contribution in [-0.2, 0) is 6.54 Å². The number of nitrogens with zero attached hydrogens (tertiary/aromatic N) is 2. The van der Waals surface area contributed by atoms with Crippen molar-refractivity contribution in [2.45, 2.75) is 26.4 Å². The Morgan fingerprint density at radius 3 is 2.89 bits per heavy atom. The van der Waals surface area contributed by atoms with Gasteiger partial charge in [0.25, 0.3) is 0 Å². The lowest BCUT2D eigenvalue weighted by molar-refractivity contribution is 0.593. The monoisotopic (exact) mass is 267 g/mol. The molecule has 2 rings (SSSR count). The van der Waals surface area contributed by atoms with E-state index in [0.29, 0.717) is 17.3 Å². The van der Waals surface area contributed by atoms with Crippen molar-refractivity contribution in [2.24, 2.45) is 5.73 Å². The summed E-state index contributed by atoms with van der Waals surface area (Å²) in [5.41, 5.74) is 8.57. The van der Waals surface area contributed by atoms with Crippen LogP contribution in [0.1, 0.15) is 29.8 Å². The first-order valence-electron chi connectivity index (χ1n) is 5.77. The van der Waals surface area contributed by atoms with Gasteiger partial charge in [0.05, 0.1) is 23.0 Å². The third-order valence-electron chi connectivity index (χ3n) is 3.00. The third-order valence-corrected chi connectivity index (χ3v) is 3.29. The largest absolute Gasteiger partial charge is 0.319 e. The highest BCUT2D eigenvalue weighted by Crippen LogP contribution is 2.28. The summed E-state index contributed by atoms with van der Waals surface area (Å²) >= 11 is 6.10. The van der Waals surface area contributed by atoms with Gasteiger partial charge in [0.2, 0.25) is 0 Å². The molecule has 1 aromatic carbocycles. The fraction of sp³-hybridized carbons (Fsp3) is 0.308. The second-order valence-electron chi connectivity index (χ2n) is 4.17. The van der Waals surface area contributed by atoms with Crippen molar-refractivity contribution in [3.8, 4) is 0 Å². The number of benzene rings is 1. The summed E-state index contributed by atoms with van der Waals surface area (Å²) in [5.74, 6) is -0.301. The van der Waals surface area contributed by atoms with Crippen LogP contribution >= 0.6 is 11.6 Å². The molecule has 96 valence electrons. The maximum absolute atomic E-state index is 13.3. The van der Waals surface area contributed by atoms with E-state index in [2.05, 4.69) is 5.10 Å². The minimum Gasteiger partial charge on any atom is -0.319 e. The van der Waals surface area contributed by atoms with Crippen molar-refractivity contribution in [3.05, 3.63) is 52.1 Å². The summed E-state index contributed by atoms with van der Waals surface area (Å²) < 4.78 is 15.1. The van der Waals surface area contributed by atoms with Gasteiger partial charge < -0.3 is 5.73 Å². The molecule has 0 saturated heterocycles. The third kappa shape index (κ3) is 2.26. The number of aryl methyl sites for hydroxylation is 2. The second-order valence-corrected chi connectivity index (χ2v) is 4.58. The Bertz CT molecular complexity index is 565. The molecule has 0 aliphatic carbocycles. The van der Waals surface area contributed by atoms with E-state index in [1.165, 1.54) is 12.1 Å². The molecule has 1 aromatic heterocycles. The normalized spacial score (nSPS) is 12.7. The van der Waals surface area contributed by atoms with E-state index in [1.807, 2.05) is 13.8 Å². The van der Waals surface area contributed by atoms with E-state index in [0.717, 1.165) is 11.1 Å². The molecule has 3 nitrogen and oxygen atoms in total. The average Bonchev–Trinajstić information content (AvgIpc) is 2.72. The number of nitrogens with two attached hydrogens (primary N) is 1. The molecule has 2 aromatic rings. The molecule has 0 bridgehead atoms. The van der Waals surface area contributed by atoms with Gasteiger partial charge in [-0.1, -0.05) is 17.7 Å². The molecule has 1 unspecified atom stereocenters. The first-order valence-corrected chi connectivity index (χ1v) is 6.15. The van der Waals surface area contributed by atoms with E-state index in [9.17, 15) is 4.39 Å². The number of aromatic nitrogens is 2. The van der Waals surface area contributed by atoms with Crippen LogP contribution in [0.25, 0.3) is 0 Å². The zero-order valence-electron chi connectivity index (χ0n) is 10.3. The molecule has 0 fully saturated rings. The summed E-state index contributed by atoms with van der Waals surface area (Å²) in [6.45, 7) is 4.53. The fourth-order valence-electron chi connectivity index (χ4n) is 2.03. The van der Waals surface area contributed by atoms with Crippen molar-refractivity contribution in [2.75, 3.05) is 0 Å². The van der Waals surface area contributed by atoms with E-state index in [-0.39, 0.29) is 5.82 Å². The van der Waals surface area contributed by atoms with Crippen LogP contribution in [0.2, 0.25) is 5.02 Å². The van der Waals surface area contributed by atoms with Crippen molar-refractivity contribution in [1.29, 1.82) is 0 Å². The number of hydrogen-bond acceptors (Lipinski definition) is 2. The van der Waals surface area contributed by atoms with Crippen LogP contribution in [0, 0.1) is 12.7 Å². The Labute approximate surface area is 110 Å². The predicted molar refractivity (Wildman–Crippen MR) is 70.1 cm³/mol. The van der Waals surface area contributed by atoms with Crippen LogP contribution in [0.4, 0.5) is 4.39 Å². The predicted octanol–water partition coefficient (Wildman–Crippen LogP) is 3.05. The molecule has 0 amide bonds. The van der Waals surface area contributed by atoms with Gasteiger partial charge in [0.1, 0.15) is 5.82 Å². The van der Waals surface area contributed by atoms with Crippen molar-refractivity contribution in [1.82, 2.24) is 9.78 Å². The smallest absolute Gasteiger partial charge is 0.123 e. The van der Waals surface area contributed by atoms with Gasteiger partial charge in [-0.2, -0.15) is 5.10 Å². The van der Waals surface area contributed by atoms with E-state index in [4.69, 9.17) is 17.3 Å². The van der Waals surface area contributed by atoms with Gasteiger partial charge >= 0.3 is 0 Å². The Balaban J connectivity index is 2.50.